The van der Waals surface area contributed by atoms with Gasteiger partial charge in [-0.05, 0) is 31.4 Å². The molecule has 0 aliphatic carbocycles. The Hall–Kier alpha value is -2.68. The van der Waals surface area contributed by atoms with Gasteiger partial charge < -0.3 is 10.6 Å². The fourth-order valence-electron chi connectivity index (χ4n) is 3.81. The first kappa shape index (κ1) is 23.6. The average Bonchev–Trinajstić information content (AvgIpc) is 2.79. The van der Waals surface area contributed by atoms with Crippen LogP contribution in [0.1, 0.15) is 43.5 Å². The van der Waals surface area contributed by atoms with Crippen LogP contribution in [0, 0.1) is 5.92 Å². The molecule has 0 aliphatic heterocycles. The predicted octanol–water partition coefficient (Wildman–Crippen LogP) is 6.55. The summed E-state index contributed by atoms with van der Waals surface area (Å²) in [4.78, 5) is 0. The van der Waals surface area contributed by atoms with Crippen LogP contribution in [0.2, 0.25) is 0 Å². The molecule has 2 rings (SSSR count). The van der Waals surface area contributed by atoms with Crippen molar-refractivity contribution in [1.82, 2.24) is 10.6 Å². The van der Waals surface area contributed by atoms with Crippen LogP contribution in [0.5, 0.6) is 0 Å². The van der Waals surface area contributed by atoms with E-state index in [-0.39, 0.29) is 30.1 Å². The van der Waals surface area contributed by atoms with Gasteiger partial charge >= 0.3 is 0 Å². The molecule has 2 N–H and O–H groups in total. The molecule has 30 heavy (non-hydrogen) atoms. The van der Waals surface area contributed by atoms with Gasteiger partial charge in [-0.3, -0.25) is 0 Å². The van der Waals surface area contributed by atoms with Crippen LogP contribution in [0.25, 0.3) is 0 Å². The third-order valence-corrected chi connectivity index (χ3v) is 5.56. The quantitative estimate of drug-likeness (QED) is 0.294. The van der Waals surface area contributed by atoms with E-state index in [2.05, 4.69) is 111 Å². The van der Waals surface area contributed by atoms with Gasteiger partial charge in [-0.2, -0.15) is 0 Å². The maximum absolute atomic E-state index is 4.08. The van der Waals surface area contributed by atoms with Gasteiger partial charge in [-0.25, -0.2) is 0 Å². The Bertz CT molecular complexity index is 786. The van der Waals surface area contributed by atoms with Crippen molar-refractivity contribution in [3.63, 3.8) is 0 Å². The molecule has 0 saturated heterocycles. The molecule has 2 nitrogen and oxygen atoms in total. The summed E-state index contributed by atoms with van der Waals surface area (Å²) in [6.45, 7) is 16.4. The molecule has 0 fully saturated rings. The molecule has 0 heterocycles. The molecule has 0 saturated carbocycles. The molecule has 2 aromatic carbocycles. The standard InChI is InChI=1S/C28H36N2/c1-6-9-12-21-27(29-22(4)25-17-13-10-14-18-25)28(24(7-2)8-3)30-23(5)26-19-15-11-16-20-26/h6-20,22-24,27-30H,1-3,21H2,4-5H3/b12-9+/t22-,23-,27+,28+/m0/s1. The Morgan fingerprint density at radius 1 is 0.767 bits per heavy atom. The topological polar surface area (TPSA) is 24.1 Å². The molecule has 0 aromatic heterocycles. The summed E-state index contributed by atoms with van der Waals surface area (Å²) in [7, 11) is 0. The minimum absolute atomic E-state index is 0.133. The first-order valence-corrected chi connectivity index (χ1v) is 10.7. The molecule has 0 spiro atoms. The van der Waals surface area contributed by atoms with E-state index in [0.717, 1.165) is 6.42 Å². The lowest BCUT2D eigenvalue weighted by Crippen LogP contribution is -2.52. The number of rotatable bonds is 13. The third kappa shape index (κ3) is 6.98. The van der Waals surface area contributed by atoms with Crippen LogP contribution in [0.15, 0.2) is 111 Å². The summed E-state index contributed by atoms with van der Waals surface area (Å²) in [6, 6.07) is 21.9. The van der Waals surface area contributed by atoms with Crippen molar-refractivity contribution in [1.29, 1.82) is 0 Å². The maximum Gasteiger partial charge on any atom is 0.0327 e. The molecule has 158 valence electrons. The molecule has 2 aromatic rings. The van der Waals surface area contributed by atoms with Gasteiger partial charge in [0.15, 0.2) is 0 Å². The molecule has 0 amide bonds. The van der Waals surface area contributed by atoms with Gasteiger partial charge in [0.2, 0.25) is 0 Å². The van der Waals surface area contributed by atoms with Crippen LogP contribution in [-0.2, 0) is 0 Å². The van der Waals surface area contributed by atoms with E-state index >= 15 is 0 Å². The second kappa shape index (κ2) is 12.8. The van der Waals surface area contributed by atoms with Gasteiger partial charge in [-0.1, -0.05) is 97.6 Å². The van der Waals surface area contributed by atoms with Gasteiger partial charge in [0, 0.05) is 30.1 Å². The molecule has 4 atom stereocenters. The summed E-state index contributed by atoms with van der Waals surface area (Å²) >= 11 is 0. The van der Waals surface area contributed by atoms with E-state index in [9.17, 15) is 0 Å². The lowest BCUT2D eigenvalue weighted by Gasteiger charge is -2.36. The highest BCUT2D eigenvalue weighted by Crippen LogP contribution is 2.22. The number of hydrogen-bond acceptors (Lipinski definition) is 2. The molecule has 2 heteroatoms. The Morgan fingerprint density at radius 2 is 1.27 bits per heavy atom. The van der Waals surface area contributed by atoms with Gasteiger partial charge in [0.1, 0.15) is 0 Å². The van der Waals surface area contributed by atoms with Crippen molar-refractivity contribution in [3.05, 3.63) is 122 Å². The zero-order valence-corrected chi connectivity index (χ0v) is 18.4. The van der Waals surface area contributed by atoms with Crippen molar-refractivity contribution in [2.45, 2.75) is 44.4 Å². The van der Waals surface area contributed by atoms with Crippen molar-refractivity contribution in [2.75, 3.05) is 0 Å². The lowest BCUT2D eigenvalue weighted by atomic mass is 9.89. The van der Waals surface area contributed by atoms with E-state index in [1.165, 1.54) is 11.1 Å². The summed E-state index contributed by atoms with van der Waals surface area (Å²) in [5, 5.41) is 7.71. The highest BCUT2D eigenvalue weighted by Gasteiger charge is 2.28. The van der Waals surface area contributed by atoms with Crippen molar-refractivity contribution in [2.24, 2.45) is 5.92 Å². The monoisotopic (exact) mass is 400 g/mol. The van der Waals surface area contributed by atoms with E-state index in [1.807, 2.05) is 24.3 Å². The van der Waals surface area contributed by atoms with Crippen molar-refractivity contribution < 1.29 is 0 Å². The van der Waals surface area contributed by atoms with Crippen molar-refractivity contribution >= 4 is 0 Å². The molecule has 0 unspecified atom stereocenters. The van der Waals surface area contributed by atoms with E-state index in [1.54, 1.807) is 0 Å². The number of allylic oxidation sites excluding steroid dienone is 2. The van der Waals surface area contributed by atoms with Gasteiger partial charge in [0.05, 0.1) is 0 Å². The predicted molar refractivity (Wildman–Crippen MR) is 131 cm³/mol. The Balaban J connectivity index is 2.30. The Kier molecular flexibility index (Phi) is 10.1. The zero-order chi connectivity index (χ0) is 21.8. The third-order valence-electron chi connectivity index (χ3n) is 5.56. The van der Waals surface area contributed by atoms with Gasteiger partial charge in [0.25, 0.3) is 0 Å². The van der Waals surface area contributed by atoms with Gasteiger partial charge in [-0.15, -0.1) is 13.2 Å². The minimum Gasteiger partial charge on any atom is -0.306 e. The number of nitrogens with one attached hydrogen (secondary N) is 2. The minimum atomic E-state index is 0.133. The van der Waals surface area contributed by atoms with Crippen LogP contribution in [0.4, 0.5) is 0 Å². The zero-order valence-electron chi connectivity index (χ0n) is 18.4. The average molecular weight is 401 g/mol. The summed E-state index contributed by atoms with van der Waals surface area (Å²) in [5.74, 6) is 0.133. The largest absolute Gasteiger partial charge is 0.306 e. The van der Waals surface area contributed by atoms with E-state index < -0.39 is 0 Å². The molecular formula is C28H36N2. The number of hydrogen-bond donors (Lipinski definition) is 2. The van der Waals surface area contributed by atoms with Crippen molar-refractivity contribution in [3.8, 4) is 0 Å². The smallest absolute Gasteiger partial charge is 0.0327 e. The fourth-order valence-corrected chi connectivity index (χ4v) is 3.81. The Labute approximate surface area is 183 Å². The highest BCUT2D eigenvalue weighted by atomic mass is 15.1. The molecular weight excluding hydrogens is 364 g/mol. The lowest BCUT2D eigenvalue weighted by molar-refractivity contribution is 0.295. The molecule has 0 bridgehead atoms. The van der Waals surface area contributed by atoms with Crippen LogP contribution >= 0.6 is 0 Å². The summed E-state index contributed by atoms with van der Waals surface area (Å²) < 4.78 is 0. The molecule has 0 aliphatic rings. The maximum atomic E-state index is 4.08. The van der Waals surface area contributed by atoms with E-state index in [0.29, 0.717) is 0 Å². The number of benzene rings is 2. The van der Waals surface area contributed by atoms with E-state index in [4.69, 9.17) is 0 Å². The first-order chi connectivity index (χ1) is 14.6. The second-order valence-corrected chi connectivity index (χ2v) is 7.68. The van der Waals surface area contributed by atoms with Crippen LogP contribution in [-0.4, -0.2) is 12.1 Å². The second-order valence-electron chi connectivity index (χ2n) is 7.68. The van der Waals surface area contributed by atoms with Crippen LogP contribution < -0.4 is 10.6 Å². The molecule has 0 radical (unpaired) electrons. The van der Waals surface area contributed by atoms with Crippen LogP contribution in [0.3, 0.4) is 0 Å². The summed E-state index contributed by atoms with van der Waals surface area (Å²) in [6.07, 6.45) is 10.9. The SMILES string of the molecule is C=C/C=C/C[C@@H](N[C@@H](C)c1ccccc1)[C@H](N[C@@H](C)c1ccccc1)C(C=C)C=C. The fraction of sp³-hybridized carbons (Fsp3) is 0.286. The normalized spacial score (nSPS) is 15.4. The highest BCUT2D eigenvalue weighted by molar-refractivity contribution is 5.21. The summed E-state index contributed by atoms with van der Waals surface area (Å²) in [5.41, 5.74) is 2.55. The Morgan fingerprint density at radius 3 is 1.73 bits per heavy atom. The first-order valence-electron chi connectivity index (χ1n) is 10.7.